The zero-order valence-corrected chi connectivity index (χ0v) is 16.5. The summed E-state index contributed by atoms with van der Waals surface area (Å²) in [7, 11) is -0.878. The van der Waals surface area contributed by atoms with Gasteiger partial charge in [0.15, 0.2) is 5.76 Å². The Labute approximate surface area is 157 Å². The monoisotopic (exact) mass is 394 g/mol. The van der Waals surface area contributed by atoms with E-state index in [1.807, 2.05) is 13.8 Å². The number of carbonyl (C=O) groups excluding carboxylic acids is 2. The summed E-state index contributed by atoms with van der Waals surface area (Å²) in [6.07, 6.45) is 0. The summed E-state index contributed by atoms with van der Waals surface area (Å²) >= 11 is 0. The quantitative estimate of drug-likeness (QED) is 0.740. The van der Waals surface area contributed by atoms with Gasteiger partial charge in [0.1, 0.15) is 5.56 Å². The van der Waals surface area contributed by atoms with E-state index in [1.54, 1.807) is 6.92 Å². The fourth-order valence-corrected chi connectivity index (χ4v) is 3.26. The molecule has 0 saturated carbocycles. The Morgan fingerprint density at radius 1 is 1.15 bits per heavy atom. The molecule has 2 N–H and O–H groups in total. The van der Waals surface area contributed by atoms with Gasteiger partial charge in [0.05, 0.1) is 10.6 Å². The van der Waals surface area contributed by atoms with Crippen LogP contribution in [0.3, 0.4) is 0 Å². The maximum absolute atomic E-state index is 12.4. The highest BCUT2D eigenvalue weighted by molar-refractivity contribution is 7.89. The standard InChI is InChI=1S/C17H22N4O5S/c1-10(2)15-14(11(3)20-26-15)17(23)19-18-16(22)12-7-6-8-13(9-12)27(24,25)21(4)5/h6-10H,1-5H3,(H,18,22)(H,19,23). The second-order valence-electron chi connectivity index (χ2n) is 6.39. The Balaban J connectivity index is 2.15. The van der Waals surface area contributed by atoms with Crippen molar-refractivity contribution in [3.8, 4) is 0 Å². The molecule has 9 nitrogen and oxygen atoms in total. The summed E-state index contributed by atoms with van der Waals surface area (Å²) in [5, 5.41) is 3.78. The summed E-state index contributed by atoms with van der Waals surface area (Å²) in [4.78, 5) is 24.6. The van der Waals surface area contributed by atoms with Gasteiger partial charge in [-0.1, -0.05) is 25.1 Å². The molecular weight excluding hydrogens is 372 g/mol. The average molecular weight is 394 g/mol. The van der Waals surface area contributed by atoms with Crippen molar-refractivity contribution in [3.63, 3.8) is 0 Å². The number of rotatable bonds is 5. The summed E-state index contributed by atoms with van der Waals surface area (Å²) in [6.45, 7) is 5.33. The second-order valence-corrected chi connectivity index (χ2v) is 8.54. The molecule has 0 fully saturated rings. The predicted octanol–water partition coefficient (Wildman–Crippen LogP) is 1.43. The minimum atomic E-state index is -3.68. The van der Waals surface area contributed by atoms with Gasteiger partial charge in [0.2, 0.25) is 10.0 Å². The molecule has 1 aromatic heterocycles. The fraction of sp³-hybridized carbons (Fsp3) is 0.353. The smallest absolute Gasteiger partial charge is 0.275 e. The number of hydrazine groups is 1. The zero-order valence-electron chi connectivity index (χ0n) is 15.7. The van der Waals surface area contributed by atoms with Crippen LogP contribution in [-0.2, 0) is 10.0 Å². The van der Waals surface area contributed by atoms with Crippen molar-refractivity contribution in [1.82, 2.24) is 20.3 Å². The van der Waals surface area contributed by atoms with Gasteiger partial charge in [-0.05, 0) is 25.1 Å². The lowest BCUT2D eigenvalue weighted by molar-refractivity contribution is 0.0844. The SMILES string of the molecule is Cc1noc(C(C)C)c1C(=O)NNC(=O)c1cccc(S(=O)(=O)N(C)C)c1. The Bertz CT molecular complexity index is 963. The number of hydrogen-bond acceptors (Lipinski definition) is 6. The summed E-state index contributed by atoms with van der Waals surface area (Å²) < 4.78 is 30.5. The molecule has 0 saturated heterocycles. The highest BCUT2D eigenvalue weighted by Crippen LogP contribution is 2.22. The van der Waals surface area contributed by atoms with Gasteiger partial charge in [-0.3, -0.25) is 20.4 Å². The van der Waals surface area contributed by atoms with Crippen LogP contribution in [-0.4, -0.2) is 43.8 Å². The van der Waals surface area contributed by atoms with E-state index >= 15 is 0 Å². The molecular formula is C17H22N4O5S. The minimum absolute atomic E-state index is 0.0246. The van der Waals surface area contributed by atoms with Crippen LogP contribution < -0.4 is 10.9 Å². The first kappa shape index (κ1) is 20.6. The number of sulfonamides is 1. The maximum atomic E-state index is 12.4. The fourth-order valence-electron chi connectivity index (χ4n) is 2.31. The van der Waals surface area contributed by atoms with E-state index in [2.05, 4.69) is 16.0 Å². The van der Waals surface area contributed by atoms with Crippen molar-refractivity contribution in [2.45, 2.75) is 31.6 Å². The molecule has 0 radical (unpaired) electrons. The molecule has 0 unspecified atom stereocenters. The first-order valence-corrected chi connectivity index (χ1v) is 9.59. The Morgan fingerprint density at radius 3 is 2.37 bits per heavy atom. The molecule has 146 valence electrons. The van der Waals surface area contributed by atoms with Crippen molar-refractivity contribution in [3.05, 3.63) is 46.8 Å². The average Bonchev–Trinajstić information content (AvgIpc) is 3.01. The van der Waals surface area contributed by atoms with Crippen LogP contribution in [0, 0.1) is 6.92 Å². The molecule has 1 heterocycles. The van der Waals surface area contributed by atoms with E-state index in [0.717, 1.165) is 4.31 Å². The topological polar surface area (TPSA) is 122 Å². The lowest BCUT2D eigenvalue weighted by atomic mass is 10.0. The number of aryl methyl sites for hydroxylation is 1. The first-order valence-electron chi connectivity index (χ1n) is 8.15. The third-order valence-corrected chi connectivity index (χ3v) is 5.62. The normalized spacial score (nSPS) is 11.7. The highest BCUT2D eigenvalue weighted by atomic mass is 32.2. The number of carbonyl (C=O) groups is 2. The van der Waals surface area contributed by atoms with Crippen LogP contribution in [0.5, 0.6) is 0 Å². The largest absolute Gasteiger partial charge is 0.360 e. The van der Waals surface area contributed by atoms with Crippen molar-refractivity contribution in [2.75, 3.05) is 14.1 Å². The van der Waals surface area contributed by atoms with Crippen LogP contribution >= 0.6 is 0 Å². The number of nitrogens with one attached hydrogen (secondary N) is 2. The van der Waals surface area contributed by atoms with Gasteiger partial charge in [0, 0.05) is 25.6 Å². The molecule has 2 amide bonds. The first-order chi connectivity index (χ1) is 12.6. The minimum Gasteiger partial charge on any atom is -0.360 e. The molecule has 0 aliphatic heterocycles. The van der Waals surface area contributed by atoms with Crippen molar-refractivity contribution >= 4 is 21.8 Å². The van der Waals surface area contributed by atoms with Crippen LogP contribution in [0.2, 0.25) is 0 Å². The van der Waals surface area contributed by atoms with Crippen molar-refractivity contribution < 1.29 is 22.5 Å². The van der Waals surface area contributed by atoms with E-state index in [9.17, 15) is 18.0 Å². The molecule has 0 atom stereocenters. The van der Waals surface area contributed by atoms with Crippen LogP contribution in [0.25, 0.3) is 0 Å². The number of aromatic nitrogens is 1. The van der Waals surface area contributed by atoms with Gasteiger partial charge >= 0.3 is 0 Å². The third-order valence-electron chi connectivity index (χ3n) is 3.80. The third kappa shape index (κ3) is 4.34. The number of hydrogen-bond donors (Lipinski definition) is 2. The van der Waals surface area contributed by atoms with Gasteiger partial charge < -0.3 is 4.52 Å². The summed E-state index contributed by atoms with van der Waals surface area (Å²) in [6, 6.07) is 5.52. The molecule has 0 aliphatic rings. The number of amides is 2. The molecule has 0 bridgehead atoms. The summed E-state index contributed by atoms with van der Waals surface area (Å²) in [5.74, 6) is -0.865. The van der Waals surface area contributed by atoms with Crippen molar-refractivity contribution in [2.24, 2.45) is 0 Å². The van der Waals surface area contributed by atoms with E-state index in [1.165, 1.54) is 38.4 Å². The lowest BCUT2D eigenvalue weighted by Crippen LogP contribution is -2.42. The Morgan fingerprint density at radius 2 is 1.78 bits per heavy atom. The lowest BCUT2D eigenvalue weighted by Gasteiger charge is -2.12. The Hall–Kier alpha value is -2.72. The molecule has 10 heteroatoms. The van der Waals surface area contributed by atoms with Gasteiger partial charge in [0.25, 0.3) is 11.8 Å². The maximum Gasteiger partial charge on any atom is 0.275 e. The number of nitrogens with zero attached hydrogens (tertiary/aromatic N) is 2. The molecule has 0 spiro atoms. The molecule has 1 aromatic carbocycles. The predicted molar refractivity (Wildman–Crippen MR) is 97.6 cm³/mol. The molecule has 27 heavy (non-hydrogen) atoms. The van der Waals surface area contributed by atoms with Gasteiger partial charge in [-0.15, -0.1) is 0 Å². The highest BCUT2D eigenvalue weighted by Gasteiger charge is 2.23. The Kier molecular flexibility index (Phi) is 6.01. The van der Waals surface area contributed by atoms with E-state index in [4.69, 9.17) is 4.52 Å². The molecule has 0 aliphatic carbocycles. The van der Waals surface area contributed by atoms with E-state index in [-0.39, 0.29) is 21.9 Å². The molecule has 2 aromatic rings. The number of benzene rings is 1. The van der Waals surface area contributed by atoms with Crippen molar-refractivity contribution in [1.29, 1.82) is 0 Å². The van der Waals surface area contributed by atoms with Crippen LogP contribution in [0.1, 0.15) is 51.9 Å². The zero-order chi connectivity index (χ0) is 20.4. The van der Waals surface area contributed by atoms with Crippen LogP contribution in [0.4, 0.5) is 0 Å². The van der Waals surface area contributed by atoms with Crippen LogP contribution in [0.15, 0.2) is 33.7 Å². The molecule has 2 rings (SSSR count). The summed E-state index contributed by atoms with van der Waals surface area (Å²) in [5.41, 5.74) is 5.33. The van der Waals surface area contributed by atoms with Gasteiger partial charge in [-0.2, -0.15) is 0 Å². The second kappa shape index (κ2) is 7.89. The van der Waals surface area contributed by atoms with Gasteiger partial charge in [-0.25, -0.2) is 12.7 Å². The van der Waals surface area contributed by atoms with E-state index < -0.39 is 21.8 Å². The van der Waals surface area contributed by atoms with E-state index in [0.29, 0.717) is 11.5 Å².